The van der Waals surface area contributed by atoms with Crippen LogP contribution in [0.1, 0.15) is 71.6 Å². The first kappa shape index (κ1) is 14.8. The van der Waals surface area contributed by atoms with Gasteiger partial charge in [0.25, 0.3) is 0 Å². The highest BCUT2D eigenvalue weighted by Gasteiger charge is 2.65. The van der Waals surface area contributed by atoms with Crippen LogP contribution in [-0.4, -0.2) is 11.6 Å². The van der Waals surface area contributed by atoms with Crippen LogP contribution in [0.15, 0.2) is 12.2 Å². The van der Waals surface area contributed by atoms with E-state index in [4.69, 9.17) is 4.74 Å². The van der Waals surface area contributed by atoms with Crippen LogP contribution < -0.4 is 0 Å². The first-order valence-corrected chi connectivity index (χ1v) is 9.32. The molecule has 5 aliphatic carbocycles. The van der Waals surface area contributed by atoms with Gasteiger partial charge in [-0.2, -0.15) is 0 Å². The van der Waals surface area contributed by atoms with E-state index in [2.05, 4.69) is 13.5 Å². The molecule has 2 unspecified atom stereocenters. The Kier molecular flexibility index (Phi) is 3.26. The fourth-order valence-electron chi connectivity index (χ4n) is 6.93. The van der Waals surface area contributed by atoms with Crippen LogP contribution in [-0.2, 0) is 9.53 Å². The quantitative estimate of drug-likeness (QED) is 0.548. The second-order valence-electron chi connectivity index (χ2n) is 9.16. The summed E-state index contributed by atoms with van der Waals surface area (Å²) in [7, 11) is 0. The van der Waals surface area contributed by atoms with Crippen LogP contribution in [0.2, 0.25) is 0 Å². The van der Waals surface area contributed by atoms with Gasteiger partial charge in [0, 0.05) is 17.4 Å². The maximum Gasteiger partial charge on any atom is 0.333 e. The number of ether oxygens (including phenoxy) is 1. The van der Waals surface area contributed by atoms with Crippen molar-refractivity contribution in [3.8, 4) is 0 Å². The van der Waals surface area contributed by atoms with Gasteiger partial charge in [0.2, 0.25) is 0 Å². The topological polar surface area (TPSA) is 26.3 Å². The highest BCUT2D eigenvalue weighted by atomic mass is 16.6. The van der Waals surface area contributed by atoms with E-state index in [0.29, 0.717) is 28.7 Å². The highest BCUT2D eigenvalue weighted by Crippen LogP contribution is 2.67. The Hall–Kier alpha value is -0.790. The lowest BCUT2D eigenvalue weighted by Crippen LogP contribution is -2.65. The molecule has 5 aliphatic rings. The van der Waals surface area contributed by atoms with Crippen molar-refractivity contribution in [1.82, 2.24) is 0 Å². The molecule has 0 amide bonds. The van der Waals surface area contributed by atoms with E-state index in [1.165, 1.54) is 57.8 Å². The van der Waals surface area contributed by atoms with E-state index in [-0.39, 0.29) is 11.6 Å². The average molecular weight is 302 g/mol. The summed E-state index contributed by atoms with van der Waals surface area (Å²) in [4.78, 5) is 12.5. The molecule has 0 radical (unpaired) electrons. The minimum atomic E-state index is -0.150. The van der Waals surface area contributed by atoms with Crippen molar-refractivity contribution >= 4 is 5.97 Å². The third kappa shape index (κ3) is 2.02. The smallest absolute Gasteiger partial charge is 0.333 e. The Labute approximate surface area is 134 Å². The van der Waals surface area contributed by atoms with Gasteiger partial charge in [-0.3, -0.25) is 0 Å². The molecule has 5 saturated carbocycles. The van der Waals surface area contributed by atoms with E-state index in [1.807, 2.05) is 0 Å². The van der Waals surface area contributed by atoms with Gasteiger partial charge in [-0.15, -0.1) is 0 Å². The molecule has 0 N–H and O–H groups in total. The van der Waals surface area contributed by atoms with Gasteiger partial charge in [0.1, 0.15) is 5.60 Å². The minimum Gasteiger partial charge on any atom is -0.455 e. The Morgan fingerprint density at radius 1 is 1.05 bits per heavy atom. The normalized spacial score (nSPS) is 46.9. The monoisotopic (exact) mass is 302 g/mol. The SMILES string of the molecule is C=C(C)C(=O)OC1(C2CCCC2)C2CC3CC1CC(C)(C3)C2. The number of rotatable bonds is 3. The molecule has 0 saturated heterocycles. The third-order valence-corrected chi connectivity index (χ3v) is 7.38. The molecule has 122 valence electrons. The van der Waals surface area contributed by atoms with Crippen LogP contribution in [0, 0.1) is 29.1 Å². The third-order valence-electron chi connectivity index (χ3n) is 7.38. The van der Waals surface area contributed by atoms with Crippen molar-refractivity contribution in [2.24, 2.45) is 29.1 Å². The largest absolute Gasteiger partial charge is 0.455 e. The second-order valence-corrected chi connectivity index (χ2v) is 9.16. The van der Waals surface area contributed by atoms with Crippen LogP contribution in [0.5, 0.6) is 0 Å². The predicted octanol–water partition coefficient (Wildman–Crippen LogP) is 4.88. The summed E-state index contributed by atoms with van der Waals surface area (Å²) < 4.78 is 6.37. The van der Waals surface area contributed by atoms with Gasteiger partial charge in [0.15, 0.2) is 0 Å². The molecular weight excluding hydrogens is 272 g/mol. The lowest BCUT2D eigenvalue weighted by Gasteiger charge is -2.65. The van der Waals surface area contributed by atoms with Crippen LogP contribution in [0.25, 0.3) is 0 Å². The van der Waals surface area contributed by atoms with Gasteiger partial charge in [0.05, 0.1) is 0 Å². The van der Waals surface area contributed by atoms with Crippen LogP contribution >= 0.6 is 0 Å². The molecule has 0 aromatic carbocycles. The molecule has 5 rings (SSSR count). The molecule has 0 aliphatic heterocycles. The zero-order valence-corrected chi connectivity index (χ0v) is 14.2. The van der Waals surface area contributed by atoms with Crippen LogP contribution in [0.4, 0.5) is 0 Å². The van der Waals surface area contributed by atoms with Crippen molar-refractivity contribution in [3.63, 3.8) is 0 Å². The van der Waals surface area contributed by atoms with E-state index >= 15 is 0 Å². The van der Waals surface area contributed by atoms with E-state index in [1.54, 1.807) is 6.92 Å². The molecule has 0 aromatic heterocycles. The number of hydrogen-bond donors (Lipinski definition) is 0. The Morgan fingerprint density at radius 2 is 1.64 bits per heavy atom. The number of esters is 1. The van der Waals surface area contributed by atoms with Crippen LogP contribution in [0.3, 0.4) is 0 Å². The molecule has 2 nitrogen and oxygen atoms in total. The zero-order chi connectivity index (χ0) is 15.5. The Bertz CT molecular complexity index is 484. The highest BCUT2D eigenvalue weighted by molar-refractivity contribution is 5.87. The zero-order valence-electron chi connectivity index (χ0n) is 14.2. The van der Waals surface area contributed by atoms with E-state index in [9.17, 15) is 4.79 Å². The fraction of sp³-hybridized carbons (Fsp3) is 0.850. The fourth-order valence-corrected chi connectivity index (χ4v) is 6.93. The summed E-state index contributed by atoms with van der Waals surface area (Å²) in [6.45, 7) is 8.11. The predicted molar refractivity (Wildman–Crippen MR) is 87.3 cm³/mol. The molecule has 0 heterocycles. The standard InChI is InChI=1S/C20H30O2/c1-13(2)18(21)22-20(15-6-4-5-7-15)16-8-14-9-17(20)12-19(3,10-14)11-16/h14-17H,1,4-12H2,2-3H3. The van der Waals surface area contributed by atoms with Crippen molar-refractivity contribution in [3.05, 3.63) is 12.2 Å². The molecule has 5 fully saturated rings. The van der Waals surface area contributed by atoms with E-state index in [0.717, 1.165) is 5.92 Å². The van der Waals surface area contributed by atoms with Gasteiger partial charge >= 0.3 is 5.97 Å². The molecule has 4 bridgehead atoms. The second kappa shape index (κ2) is 4.85. The van der Waals surface area contributed by atoms with Gasteiger partial charge < -0.3 is 4.74 Å². The number of carbonyl (C=O) groups is 1. The number of carbonyl (C=O) groups excluding carboxylic acids is 1. The molecule has 2 heteroatoms. The first-order chi connectivity index (χ1) is 10.4. The maximum atomic E-state index is 12.5. The summed E-state index contributed by atoms with van der Waals surface area (Å²) >= 11 is 0. The molecule has 0 aromatic rings. The minimum absolute atomic E-state index is 0.135. The molecule has 22 heavy (non-hydrogen) atoms. The first-order valence-electron chi connectivity index (χ1n) is 9.32. The lowest BCUT2D eigenvalue weighted by molar-refractivity contribution is -0.239. The summed E-state index contributed by atoms with van der Waals surface area (Å²) in [5.41, 5.74) is 0.939. The Morgan fingerprint density at radius 3 is 2.14 bits per heavy atom. The summed E-state index contributed by atoms with van der Waals surface area (Å²) in [6.07, 6.45) is 11.7. The maximum absolute atomic E-state index is 12.5. The molecule has 0 spiro atoms. The van der Waals surface area contributed by atoms with Crippen molar-refractivity contribution in [2.45, 2.75) is 77.2 Å². The summed E-state index contributed by atoms with van der Waals surface area (Å²) in [5.74, 6) is 2.57. The summed E-state index contributed by atoms with van der Waals surface area (Å²) in [5, 5.41) is 0. The Balaban J connectivity index is 1.71. The molecule has 2 atom stereocenters. The summed E-state index contributed by atoms with van der Waals surface area (Å²) in [6, 6.07) is 0. The molecular formula is C20H30O2. The van der Waals surface area contributed by atoms with E-state index < -0.39 is 0 Å². The van der Waals surface area contributed by atoms with Crippen molar-refractivity contribution in [2.75, 3.05) is 0 Å². The average Bonchev–Trinajstić information content (AvgIpc) is 2.95. The lowest BCUT2D eigenvalue weighted by atomic mass is 9.43. The number of hydrogen-bond acceptors (Lipinski definition) is 2. The van der Waals surface area contributed by atoms with Crippen molar-refractivity contribution < 1.29 is 9.53 Å². The van der Waals surface area contributed by atoms with Crippen molar-refractivity contribution in [1.29, 1.82) is 0 Å². The van der Waals surface area contributed by atoms with Gasteiger partial charge in [-0.1, -0.05) is 26.3 Å². The van der Waals surface area contributed by atoms with Gasteiger partial charge in [-0.05, 0) is 69.1 Å². The van der Waals surface area contributed by atoms with Gasteiger partial charge in [-0.25, -0.2) is 4.79 Å².